The van der Waals surface area contributed by atoms with Crippen molar-refractivity contribution in [3.8, 4) is 22.3 Å². The molecule has 5 heteroatoms. The average molecular weight is 630 g/mol. The number of anilines is 3. The Morgan fingerprint density at radius 3 is 1.90 bits per heavy atom. The van der Waals surface area contributed by atoms with Crippen LogP contribution < -0.4 is 4.90 Å². The highest BCUT2D eigenvalue weighted by atomic mass is 16.3. The summed E-state index contributed by atoms with van der Waals surface area (Å²) in [4.78, 5) is 11.4. The molecule has 0 aliphatic rings. The van der Waals surface area contributed by atoms with E-state index in [1.54, 1.807) is 6.20 Å². The van der Waals surface area contributed by atoms with Gasteiger partial charge in [0, 0.05) is 56.4 Å². The monoisotopic (exact) mass is 629 g/mol. The van der Waals surface area contributed by atoms with Gasteiger partial charge in [0.25, 0.3) is 0 Å². The van der Waals surface area contributed by atoms with Gasteiger partial charge in [0.15, 0.2) is 5.58 Å². The van der Waals surface area contributed by atoms with Gasteiger partial charge in [-0.3, -0.25) is 4.98 Å². The van der Waals surface area contributed by atoms with E-state index < -0.39 is 0 Å². The van der Waals surface area contributed by atoms with Gasteiger partial charge < -0.3 is 13.7 Å². The maximum Gasteiger partial charge on any atom is 0.227 e. The van der Waals surface area contributed by atoms with Gasteiger partial charge in [-0.15, -0.1) is 0 Å². The second kappa shape index (κ2) is 10.9. The minimum Gasteiger partial charge on any atom is -0.454 e. The molecule has 0 spiro atoms. The molecule has 49 heavy (non-hydrogen) atoms. The highest BCUT2D eigenvalue weighted by Crippen LogP contribution is 2.42. The molecule has 5 nitrogen and oxygen atoms in total. The zero-order chi connectivity index (χ0) is 32.3. The predicted molar refractivity (Wildman–Crippen MR) is 200 cm³/mol. The first-order valence-electron chi connectivity index (χ1n) is 16.3. The zero-order valence-corrected chi connectivity index (χ0v) is 26.2. The van der Waals surface area contributed by atoms with Crippen LogP contribution in [-0.2, 0) is 0 Å². The van der Waals surface area contributed by atoms with Crippen LogP contribution in [0.3, 0.4) is 0 Å². The quantitative estimate of drug-likeness (QED) is 0.190. The van der Waals surface area contributed by atoms with Gasteiger partial charge in [0.1, 0.15) is 16.7 Å². The van der Waals surface area contributed by atoms with E-state index in [9.17, 15) is 0 Å². The third kappa shape index (κ3) is 4.40. The molecule has 10 rings (SSSR count). The fraction of sp³-hybridized carbons (Fsp3) is 0. The van der Waals surface area contributed by atoms with E-state index in [-0.39, 0.29) is 0 Å². The molecular weight excluding hydrogens is 603 g/mol. The number of pyridine rings is 2. The fourth-order valence-electron chi connectivity index (χ4n) is 7.10. The first-order chi connectivity index (χ1) is 24.3. The Kier molecular flexibility index (Phi) is 6.11. The molecule has 6 aromatic carbocycles. The van der Waals surface area contributed by atoms with E-state index in [0.29, 0.717) is 5.71 Å². The minimum atomic E-state index is 0.653. The predicted octanol–water partition coefficient (Wildman–Crippen LogP) is 12.2. The van der Waals surface area contributed by atoms with Crippen LogP contribution in [0.25, 0.3) is 77.2 Å². The molecule has 230 valence electrons. The summed E-state index contributed by atoms with van der Waals surface area (Å²) >= 11 is 0. The third-order valence-corrected chi connectivity index (χ3v) is 9.41. The van der Waals surface area contributed by atoms with E-state index in [4.69, 9.17) is 8.83 Å². The van der Waals surface area contributed by atoms with Crippen molar-refractivity contribution < 1.29 is 8.83 Å². The van der Waals surface area contributed by atoms with Gasteiger partial charge in [-0.05, 0) is 77.2 Å². The van der Waals surface area contributed by atoms with Gasteiger partial charge >= 0.3 is 0 Å². The lowest BCUT2D eigenvalue weighted by Crippen LogP contribution is -2.10. The number of hydrogen-bond acceptors (Lipinski definition) is 5. The van der Waals surface area contributed by atoms with Gasteiger partial charge in [-0.25, -0.2) is 4.98 Å². The molecule has 0 atom stereocenters. The number of benzene rings is 6. The largest absolute Gasteiger partial charge is 0.454 e. The summed E-state index contributed by atoms with van der Waals surface area (Å²) in [5, 5.41) is 5.48. The Balaban J connectivity index is 1.09. The molecular formula is C44H27N3O2. The zero-order valence-electron chi connectivity index (χ0n) is 26.2. The van der Waals surface area contributed by atoms with Crippen molar-refractivity contribution in [1.82, 2.24) is 9.97 Å². The van der Waals surface area contributed by atoms with Crippen molar-refractivity contribution in [2.24, 2.45) is 0 Å². The summed E-state index contributed by atoms with van der Waals surface area (Å²) in [6.45, 7) is 0. The first-order valence-corrected chi connectivity index (χ1v) is 16.3. The molecule has 0 saturated carbocycles. The van der Waals surface area contributed by atoms with E-state index in [2.05, 4.69) is 136 Å². The lowest BCUT2D eigenvalue weighted by Gasteiger charge is -2.27. The van der Waals surface area contributed by atoms with Crippen LogP contribution in [0.5, 0.6) is 0 Å². The summed E-state index contributed by atoms with van der Waals surface area (Å²) in [5.74, 6) is 0. The maximum atomic E-state index is 6.31. The van der Waals surface area contributed by atoms with Crippen LogP contribution in [0.4, 0.5) is 17.1 Å². The first kappa shape index (κ1) is 27.4. The molecule has 0 fully saturated rings. The van der Waals surface area contributed by atoms with Crippen LogP contribution in [0.15, 0.2) is 173 Å². The standard InChI is InChI=1S/C44H27N3O2/c1-2-10-33-28(8-1)9-5-15-39(33)47(31-21-17-29(18-22-31)34-12-6-13-36-37-14-7-26-46-44(37)49-42(34)36)32-23-19-30(20-24-32)35-25-27-45-41-38-11-3-4-16-40(38)48-43(35)41/h1-27H. The molecule has 4 heterocycles. The Labute approximate surface area is 281 Å². The Bertz CT molecular complexity index is 2670. The van der Waals surface area contributed by atoms with E-state index in [1.165, 1.54) is 10.8 Å². The molecule has 0 bridgehead atoms. The van der Waals surface area contributed by atoms with Crippen molar-refractivity contribution in [3.05, 3.63) is 164 Å². The van der Waals surface area contributed by atoms with Crippen molar-refractivity contribution in [2.45, 2.75) is 0 Å². The summed E-state index contributed by atoms with van der Waals surface area (Å²) in [7, 11) is 0. The molecule has 0 radical (unpaired) electrons. The van der Waals surface area contributed by atoms with Crippen LogP contribution in [0.2, 0.25) is 0 Å². The smallest absolute Gasteiger partial charge is 0.227 e. The lowest BCUT2D eigenvalue weighted by atomic mass is 10.0. The van der Waals surface area contributed by atoms with E-state index >= 15 is 0 Å². The number of nitrogens with zero attached hydrogens (tertiary/aromatic N) is 3. The van der Waals surface area contributed by atoms with Crippen LogP contribution in [0.1, 0.15) is 0 Å². The number of furan rings is 2. The Morgan fingerprint density at radius 1 is 0.429 bits per heavy atom. The molecule has 0 saturated heterocycles. The molecule has 0 amide bonds. The van der Waals surface area contributed by atoms with Crippen LogP contribution in [0, 0.1) is 0 Å². The van der Waals surface area contributed by atoms with Crippen molar-refractivity contribution in [3.63, 3.8) is 0 Å². The van der Waals surface area contributed by atoms with Crippen molar-refractivity contribution in [2.75, 3.05) is 4.90 Å². The molecule has 0 aliphatic carbocycles. The summed E-state index contributed by atoms with van der Waals surface area (Å²) < 4.78 is 12.6. The van der Waals surface area contributed by atoms with Crippen molar-refractivity contribution >= 4 is 72.0 Å². The van der Waals surface area contributed by atoms with Crippen LogP contribution in [-0.4, -0.2) is 9.97 Å². The Morgan fingerprint density at radius 2 is 1.08 bits per heavy atom. The highest BCUT2D eigenvalue weighted by molar-refractivity contribution is 6.09. The lowest BCUT2D eigenvalue weighted by molar-refractivity contribution is 0.655. The Hall–Kier alpha value is -6.72. The van der Waals surface area contributed by atoms with Gasteiger partial charge in [-0.2, -0.15) is 0 Å². The topological polar surface area (TPSA) is 55.3 Å². The fourth-order valence-corrected chi connectivity index (χ4v) is 7.10. The molecule has 0 unspecified atom stereocenters. The number of rotatable bonds is 5. The number of aromatic nitrogens is 2. The van der Waals surface area contributed by atoms with E-state index in [0.717, 1.165) is 77.7 Å². The van der Waals surface area contributed by atoms with Gasteiger partial charge in [-0.1, -0.05) is 91.0 Å². The molecule has 4 aromatic heterocycles. The summed E-state index contributed by atoms with van der Waals surface area (Å²) in [6, 6.07) is 52.8. The number of hydrogen-bond donors (Lipinski definition) is 0. The number of fused-ring (bicyclic) bond motifs is 7. The molecule has 10 aromatic rings. The summed E-state index contributed by atoms with van der Waals surface area (Å²) in [6.07, 6.45) is 3.63. The maximum absolute atomic E-state index is 6.31. The molecule has 0 aliphatic heterocycles. The molecule has 0 N–H and O–H groups in total. The van der Waals surface area contributed by atoms with Crippen LogP contribution >= 0.6 is 0 Å². The van der Waals surface area contributed by atoms with Gasteiger partial charge in [0.05, 0.1) is 5.69 Å². The second-order valence-corrected chi connectivity index (χ2v) is 12.2. The minimum absolute atomic E-state index is 0.653. The second-order valence-electron chi connectivity index (χ2n) is 12.2. The van der Waals surface area contributed by atoms with Gasteiger partial charge in [0.2, 0.25) is 5.71 Å². The third-order valence-electron chi connectivity index (χ3n) is 9.41. The van der Waals surface area contributed by atoms with Crippen molar-refractivity contribution in [1.29, 1.82) is 0 Å². The SMILES string of the molecule is c1ccc2c(N(c3ccc(-c4cccc5c4oc4ncccc45)cc3)c3ccc(-c4ccnc5c4oc4ccccc45)cc3)cccc2c1. The van der Waals surface area contributed by atoms with E-state index in [1.807, 2.05) is 36.5 Å². The normalized spacial score (nSPS) is 11.7. The average Bonchev–Trinajstić information content (AvgIpc) is 3.75. The highest BCUT2D eigenvalue weighted by Gasteiger charge is 2.18. The summed E-state index contributed by atoms with van der Waals surface area (Å²) in [5.41, 5.74) is 11.4. The number of para-hydroxylation sites is 2.